The highest BCUT2D eigenvalue weighted by Crippen LogP contribution is 2.18. The molecule has 0 spiro atoms. The molecule has 5 nitrogen and oxygen atoms in total. The Balaban J connectivity index is 3.08. The fourth-order valence-corrected chi connectivity index (χ4v) is 1.46. The van der Waals surface area contributed by atoms with Crippen molar-refractivity contribution in [1.82, 2.24) is 0 Å². The molecule has 5 heteroatoms. The van der Waals surface area contributed by atoms with E-state index in [-0.39, 0.29) is 12.0 Å². The van der Waals surface area contributed by atoms with Crippen LogP contribution in [-0.2, 0) is 11.2 Å². The van der Waals surface area contributed by atoms with Gasteiger partial charge in [-0.1, -0.05) is 18.2 Å². The lowest BCUT2D eigenvalue weighted by molar-refractivity contribution is -0.146. The Morgan fingerprint density at radius 2 is 2.24 bits per heavy atom. The van der Waals surface area contributed by atoms with Gasteiger partial charge in [-0.25, -0.2) is 4.79 Å². The molecule has 1 aromatic carbocycles. The van der Waals surface area contributed by atoms with E-state index in [9.17, 15) is 14.7 Å². The summed E-state index contributed by atoms with van der Waals surface area (Å²) >= 11 is 0. The minimum Gasteiger partial charge on any atom is -0.479 e. The normalized spacial score (nSPS) is 11.5. The molecule has 0 fully saturated rings. The number of aliphatic hydroxyl groups excluding tert-OH is 1. The van der Waals surface area contributed by atoms with Gasteiger partial charge in [0.2, 0.25) is 0 Å². The average Bonchev–Trinajstić information content (AvgIpc) is 2.34. The fourth-order valence-electron chi connectivity index (χ4n) is 1.46. The number of carboxylic acid groups (broad SMARTS) is 1. The highest BCUT2D eigenvalue weighted by molar-refractivity contribution is 5.79. The second-order valence-electron chi connectivity index (χ2n) is 3.47. The van der Waals surface area contributed by atoms with Crippen LogP contribution in [0.4, 0.5) is 0 Å². The van der Waals surface area contributed by atoms with Crippen LogP contribution in [0.3, 0.4) is 0 Å². The Morgan fingerprint density at radius 1 is 1.53 bits per heavy atom. The SMILES string of the molecule is N#CCCc1cc(C(O)C(=O)O)ccc1C=O. The predicted molar refractivity (Wildman–Crippen MR) is 58.4 cm³/mol. The molecule has 0 saturated heterocycles. The first kappa shape index (κ1) is 12.9. The summed E-state index contributed by atoms with van der Waals surface area (Å²) in [6, 6.07) is 6.22. The highest BCUT2D eigenvalue weighted by atomic mass is 16.4. The van der Waals surface area contributed by atoms with Crippen molar-refractivity contribution in [2.24, 2.45) is 0 Å². The second-order valence-corrected chi connectivity index (χ2v) is 3.47. The zero-order valence-electron chi connectivity index (χ0n) is 8.96. The number of carboxylic acids is 1. The predicted octanol–water partition coefficient (Wildman–Crippen LogP) is 1.07. The number of hydrogen-bond donors (Lipinski definition) is 2. The Hall–Kier alpha value is -2.19. The highest BCUT2D eigenvalue weighted by Gasteiger charge is 2.17. The largest absolute Gasteiger partial charge is 0.479 e. The molecule has 0 saturated carbocycles. The van der Waals surface area contributed by atoms with Crippen LogP contribution in [0, 0.1) is 11.3 Å². The molecule has 1 atom stereocenters. The number of aldehydes is 1. The lowest BCUT2D eigenvalue weighted by Crippen LogP contribution is -2.11. The first-order chi connectivity index (χ1) is 8.10. The lowest BCUT2D eigenvalue weighted by atomic mass is 9.98. The van der Waals surface area contributed by atoms with Gasteiger partial charge in [-0.3, -0.25) is 4.79 Å². The van der Waals surface area contributed by atoms with Gasteiger partial charge in [0.15, 0.2) is 6.10 Å². The maximum absolute atomic E-state index is 10.7. The number of nitrogens with zero attached hydrogens (tertiary/aromatic N) is 1. The summed E-state index contributed by atoms with van der Waals surface area (Å²) in [5, 5.41) is 26.5. The number of rotatable bonds is 5. The molecule has 88 valence electrons. The fraction of sp³-hybridized carbons (Fsp3) is 0.250. The maximum Gasteiger partial charge on any atom is 0.337 e. The summed E-state index contributed by atoms with van der Waals surface area (Å²) < 4.78 is 0. The monoisotopic (exact) mass is 233 g/mol. The van der Waals surface area contributed by atoms with E-state index in [2.05, 4.69) is 0 Å². The Labute approximate surface area is 97.9 Å². The van der Waals surface area contributed by atoms with Crippen molar-refractivity contribution in [3.8, 4) is 6.07 Å². The van der Waals surface area contributed by atoms with Crippen LogP contribution in [0.15, 0.2) is 18.2 Å². The standard InChI is InChI=1S/C12H11NO4/c13-5-1-2-8-6-9(11(15)12(16)17)3-4-10(8)7-14/h3-4,6-7,11,15H,1-2H2,(H,16,17). The number of hydrogen-bond acceptors (Lipinski definition) is 4. The molecule has 1 rings (SSSR count). The molecule has 0 heterocycles. The molecule has 0 amide bonds. The zero-order chi connectivity index (χ0) is 12.8. The molecule has 0 aliphatic heterocycles. The van der Waals surface area contributed by atoms with Crippen molar-refractivity contribution in [3.05, 3.63) is 34.9 Å². The van der Waals surface area contributed by atoms with E-state index in [0.29, 0.717) is 23.8 Å². The lowest BCUT2D eigenvalue weighted by Gasteiger charge is -2.09. The number of nitriles is 1. The van der Waals surface area contributed by atoms with Crippen molar-refractivity contribution in [2.75, 3.05) is 0 Å². The van der Waals surface area contributed by atoms with E-state index in [1.165, 1.54) is 18.2 Å². The number of aryl methyl sites for hydroxylation is 1. The van der Waals surface area contributed by atoms with Crippen LogP contribution < -0.4 is 0 Å². The average molecular weight is 233 g/mol. The molecule has 2 N–H and O–H groups in total. The summed E-state index contributed by atoms with van der Waals surface area (Å²) in [5.74, 6) is -1.35. The summed E-state index contributed by atoms with van der Waals surface area (Å²) in [6.45, 7) is 0. The Bertz CT molecular complexity index is 476. The number of benzene rings is 1. The molecule has 17 heavy (non-hydrogen) atoms. The smallest absolute Gasteiger partial charge is 0.337 e. The second kappa shape index (κ2) is 5.77. The molecule has 0 radical (unpaired) electrons. The molecule has 0 bridgehead atoms. The molecular weight excluding hydrogens is 222 g/mol. The molecule has 1 aromatic rings. The third-order valence-electron chi connectivity index (χ3n) is 2.35. The summed E-state index contributed by atoms with van der Waals surface area (Å²) in [4.78, 5) is 21.4. The quantitative estimate of drug-likeness (QED) is 0.741. The van der Waals surface area contributed by atoms with Gasteiger partial charge in [-0.15, -0.1) is 0 Å². The first-order valence-electron chi connectivity index (χ1n) is 4.96. The van der Waals surface area contributed by atoms with Gasteiger partial charge < -0.3 is 10.2 Å². The van der Waals surface area contributed by atoms with E-state index in [4.69, 9.17) is 10.4 Å². The van der Waals surface area contributed by atoms with Crippen LogP contribution in [0.1, 0.15) is 34.0 Å². The summed E-state index contributed by atoms with van der Waals surface area (Å²) in [5.41, 5.74) is 1.18. The van der Waals surface area contributed by atoms with Crippen LogP contribution in [0.25, 0.3) is 0 Å². The number of aliphatic hydroxyl groups is 1. The van der Waals surface area contributed by atoms with Crippen molar-refractivity contribution in [3.63, 3.8) is 0 Å². The molecule has 0 aromatic heterocycles. The van der Waals surface area contributed by atoms with Crippen LogP contribution >= 0.6 is 0 Å². The topological polar surface area (TPSA) is 98.4 Å². The first-order valence-corrected chi connectivity index (χ1v) is 4.96. The van der Waals surface area contributed by atoms with E-state index in [1.54, 1.807) is 0 Å². The van der Waals surface area contributed by atoms with E-state index in [0.717, 1.165) is 0 Å². The molecule has 0 aliphatic rings. The molecular formula is C12H11NO4. The van der Waals surface area contributed by atoms with Gasteiger partial charge in [0.05, 0.1) is 6.07 Å². The molecule has 0 aliphatic carbocycles. The third-order valence-corrected chi connectivity index (χ3v) is 2.35. The van der Waals surface area contributed by atoms with Crippen LogP contribution in [0.2, 0.25) is 0 Å². The van der Waals surface area contributed by atoms with Crippen molar-refractivity contribution in [1.29, 1.82) is 5.26 Å². The van der Waals surface area contributed by atoms with Crippen molar-refractivity contribution in [2.45, 2.75) is 18.9 Å². The number of carbonyl (C=O) groups excluding carboxylic acids is 1. The Morgan fingerprint density at radius 3 is 2.76 bits per heavy atom. The summed E-state index contributed by atoms with van der Waals surface area (Å²) in [6.07, 6.45) is -0.390. The van der Waals surface area contributed by atoms with Crippen LogP contribution in [0.5, 0.6) is 0 Å². The van der Waals surface area contributed by atoms with Crippen LogP contribution in [-0.4, -0.2) is 22.5 Å². The summed E-state index contributed by atoms with van der Waals surface area (Å²) in [7, 11) is 0. The van der Waals surface area contributed by atoms with Crippen molar-refractivity contribution >= 4 is 12.3 Å². The maximum atomic E-state index is 10.7. The minimum atomic E-state index is -1.61. The number of aliphatic carboxylic acids is 1. The number of carbonyl (C=O) groups is 2. The molecule has 1 unspecified atom stereocenters. The van der Waals surface area contributed by atoms with Gasteiger partial charge in [0, 0.05) is 12.0 Å². The van der Waals surface area contributed by atoms with Gasteiger partial charge >= 0.3 is 5.97 Å². The van der Waals surface area contributed by atoms with E-state index >= 15 is 0 Å². The van der Waals surface area contributed by atoms with Gasteiger partial charge in [0.1, 0.15) is 6.29 Å². The van der Waals surface area contributed by atoms with E-state index in [1.807, 2.05) is 6.07 Å². The van der Waals surface area contributed by atoms with Gasteiger partial charge in [0.25, 0.3) is 0 Å². The van der Waals surface area contributed by atoms with Gasteiger partial charge in [-0.05, 0) is 17.5 Å². The van der Waals surface area contributed by atoms with Crippen molar-refractivity contribution < 1.29 is 19.8 Å². The van der Waals surface area contributed by atoms with E-state index < -0.39 is 12.1 Å². The minimum absolute atomic E-state index is 0.205. The zero-order valence-corrected chi connectivity index (χ0v) is 8.96. The third kappa shape index (κ3) is 3.13. The Kier molecular flexibility index (Phi) is 4.37. The van der Waals surface area contributed by atoms with Gasteiger partial charge in [-0.2, -0.15) is 5.26 Å².